The summed E-state index contributed by atoms with van der Waals surface area (Å²) >= 11 is 1.36. The Morgan fingerprint density at radius 2 is 1.72 bits per heavy atom. The monoisotopic (exact) mass is 447 g/mol. The number of para-hydroxylation sites is 3. The first-order valence-electron chi connectivity index (χ1n) is 10.7. The zero-order valence-corrected chi connectivity index (χ0v) is 19.0. The van der Waals surface area contributed by atoms with Gasteiger partial charge in [0.15, 0.2) is 5.58 Å². The van der Waals surface area contributed by atoms with Crippen molar-refractivity contribution in [2.24, 2.45) is 0 Å². The SMILES string of the molecule is Cc1nn(-c2ccccc2)c(C)c1N1CCN(C(=O)CSc2nc3ccccc3o2)CC1. The number of oxazole rings is 1. The van der Waals surface area contributed by atoms with Gasteiger partial charge in [-0.3, -0.25) is 4.79 Å². The number of carbonyl (C=O) groups excluding carboxylic acids is 1. The number of hydrogen-bond donors (Lipinski definition) is 0. The van der Waals surface area contributed by atoms with E-state index >= 15 is 0 Å². The Morgan fingerprint density at radius 1 is 1.00 bits per heavy atom. The van der Waals surface area contributed by atoms with Crippen LogP contribution in [0.5, 0.6) is 0 Å². The third-order valence-corrected chi connectivity index (χ3v) is 6.61. The quantitative estimate of drug-likeness (QED) is 0.430. The van der Waals surface area contributed by atoms with Gasteiger partial charge in [0.2, 0.25) is 5.91 Å². The van der Waals surface area contributed by atoms with Crippen LogP contribution in [0.2, 0.25) is 0 Å². The molecule has 7 nitrogen and oxygen atoms in total. The summed E-state index contributed by atoms with van der Waals surface area (Å²) in [5.74, 6) is 0.446. The standard InChI is InChI=1S/C24H25N5O2S/c1-17-23(18(2)29(26-17)19-8-4-3-5-9-19)28-14-12-27(13-15-28)22(30)16-32-24-25-20-10-6-7-11-21(20)31-24/h3-11H,12-16H2,1-2H3. The lowest BCUT2D eigenvalue weighted by Crippen LogP contribution is -2.49. The molecule has 0 atom stereocenters. The average Bonchev–Trinajstić information content (AvgIpc) is 3.38. The second-order valence-electron chi connectivity index (χ2n) is 7.87. The molecule has 2 aromatic heterocycles. The van der Waals surface area contributed by atoms with Crippen molar-refractivity contribution < 1.29 is 9.21 Å². The number of hydrogen-bond acceptors (Lipinski definition) is 6. The van der Waals surface area contributed by atoms with Gasteiger partial charge >= 0.3 is 0 Å². The summed E-state index contributed by atoms with van der Waals surface area (Å²) in [5.41, 5.74) is 5.93. The number of benzene rings is 2. The van der Waals surface area contributed by atoms with Gasteiger partial charge in [0, 0.05) is 26.2 Å². The van der Waals surface area contributed by atoms with Gasteiger partial charge in [-0.25, -0.2) is 9.67 Å². The molecular weight excluding hydrogens is 422 g/mol. The van der Waals surface area contributed by atoms with Crippen molar-refractivity contribution in [1.29, 1.82) is 0 Å². The molecule has 5 rings (SSSR count). The van der Waals surface area contributed by atoms with Crippen molar-refractivity contribution in [3.8, 4) is 5.69 Å². The normalized spacial score (nSPS) is 14.3. The Bertz CT molecular complexity index is 1210. The number of carbonyl (C=O) groups is 1. The molecule has 0 radical (unpaired) electrons. The highest BCUT2D eigenvalue weighted by Gasteiger charge is 2.25. The molecule has 4 aromatic rings. The second-order valence-corrected chi connectivity index (χ2v) is 8.80. The molecule has 1 aliphatic rings. The molecule has 2 aromatic carbocycles. The molecule has 0 N–H and O–H groups in total. The van der Waals surface area contributed by atoms with Gasteiger partial charge in [-0.15, -0.1) is 0 Å². The maximum atomic E-state index is 12.8. The van der Waals surface area contributed by atoms with E-state index in [9.17, 15) is 4.79 Å². The summed E-state index contributed by atoms with van der Waals surface area (Å²) in [4.78, 5) is 21.5. The van der Waals surface area contributed by atoms with E-state index in [0.717, 1.165) is 41.3 Å². The number of rotatable bonds is 5. The molecule has 3 heterocycles. The number of aryl methyl sites for hydroxylation is 1. The lowest BCUT2D eigenvalue weighted by molar-refractivity contribution is -0.128. The van der Waals surface area contributed by atoms with E-state index in [0.29, 0.717) is 24.1 Å². The highest BCUT2D eigenvalue weighted by molar-refractivity contribution is 7.99. The molecule has 0 saturated carbocycles. The van der Waals surface area contributed by atoms with E-state index in [1.807, 2.05) is 52.0 Å². The summed E-state index contributed by atoms with van der Waals surface area (Å²) < 4.78 is 7.71. The van der Waals surface area contributed by atoms with E-state index in [1.165, 1.54) is 17.4 Å². The third-order valence-electron chi connectivity index (χ3n) is 5.80. The average molecular weight is 448 g/mol. The Labute approximate surface area is 191 Å². The number of aromatic nitrogens is 3. The van der Waals surface area contributed by atoms with Gasteiger partial charge < -0.3 is 14.2 Å². The predicted octanol–water partition coefficient (Wildman–Crippen LogP) is 4.07. The number of anilines is 1. The van der Waals surface area contributed by atoms with Crippen LogP contribution in [0.4, 0.5) is 5.69 Å². The lowest BCUT2D eigenvalue weighted by Gasteiger charge is -2.36. The molecule has 0 aliphatic carbocycles. The Morgan fingerprint density at radius 3 is 2.47 bits per heavy atom. The van der Waals surface area contributed by atoms with E-state index in [4.69, 9.17) is 9.52 Å². The highest BCUT2D eigenvalue weighted by Crippen LogP contribution is 2.28. The molecule has 1 aliphatic heterocycles. The first kappa shape index (κ1) is 20.6. The van der Waals surface area contributed by atoms with Crippen molar-refractivity contribution in [3.63, 3.8) is 0 Å². The number of amides is 1. The molecule has 164 valence electrons. The molecule has 8 heteroatoms. The maximum Gasteiger partial charge on any atom is 0.257 e. The lowest BCUT2D eigenvalue weighted by atomic mass is 10.2. The molecule has 0 unspecified atom stereocenters. The zero-order valence-electron chi connectivity index (χ0n) is 18.2. The number of fused-ring (bicyclic) bond motifs is 1. The van der Waals surface area contributed by atoms with Crippen LogP contribution < -0.4 is 4.90 Å². The fourth-order valence-electron chi connectivity index (χ4n) is 4.22. The van der Waals surface area contributed by atoms with Crippen molar-refractivity contribution in [2.45, 2.75) is 19.1 Å². The molecule has 1 fully saturated rings. The topological polar surface area (TPSA) is 67.4 Å². The molecule has 1 amide bonds. The first-order chi connectivity index (χ1) is 15.6. The third kappa shape index (κ3) is 3.98. The molecule has 0 bridgehead atoms. The summed E-state index contributed by atoms with van der Waals surface area (Å²) in [6, 6.07) is 17.8. The predicted molar refractivity (Wildman–Crippen MR) is 127 cm³/mol. The maximum absolute atomic E-state index is 12.8. The minimum Gasteiger partial charge on any atom is -0.431 e. The number of nitrogens with zero attached hydrogens (tertiary/aromatic N) is 5. The van der Waals surface area contributed by atoms with E-state index in [1.54, 1.807) is 0 Å². The van der Waals surface area contributed by atoms with Crippen molar-refractivity contribution in [3.05, 3.63) is 66.0 Å². The Balaban J connectivity index is 1.20. The van der Waals surface area contributed by atoms with Gasteiger partial charge in [0.1, 0.15) is 5.52 Å². The summed E-state index contributed by atoms with van der Waals surface area (Å²) in [6.45, 7) is 7.14. The fraction of sp³-hybridized carbons (Fsp3) is 0.292. The second kappa shape index (κ2) is 8.70. The first-order valence-corrected chi connectivity index (χ1v) is 11.7. The van der Waals surface area contributed by atoms with Gasteiger partial charge in [-0.2, -0.15) is 5.10 Å². The van der Waals surface area contributed by atoms with E-state index in [-0.39, 0.29) is 5.91 Å². The molecule has 0 spiro atoms. The van der Waals surface area contributed by atoms with Crippen LogP contribution >= 0.6 is 11.8 Å². The van der Waals surface area contributed by atoms with Crippen molar-refractivity contribution in [2.75, 3.05) is 36.8 Å². The van der Waals surface area contributed by atoms with Crippen LogP contribution in [-0.2, 0) is 4.79 Å². The Kier molecular flexibility index (Phi) is 5.61. The van der Waals surface area contributed by atoms with Gasteiger partial charge in [0.25, 0.3) is 5.22 Å². The fourth-order valence-corrected chi connectivity index (χ4v) is 4.96. The van der Waals surface area contributed by atoms with Crippen LogP contribution in [0.25, 0.3) is 16.8 Å². The molecule has 32 heavy (non-hydrogen) atoms. The summed E-state index contributed by atoms with van der Waals surface area (Å²) in [6.07, 6.45) is 0. The smallest absolute Gasteiger partial charge is 0.257 e. The van der Waals surface area contributed by atoms with Crippen molar-refractivity contribution >= 4 is 34.5 Å². The van der Waals surface area contributed by atoms with Gasteiger partial charge in [-0.1, -0.05) is 42.1 Å². The van der Waals surface area contributed by atoms with Crippen LogP contribution in [0, 0.1) is 13.8 Å². The highest BCUT2D eigenvalue weighted by atomic mass is 32.2. The minimum atomic E-state index is 0.116. The van der Waals surface area contributed by atoms with E-state index < -0.39 is 0 Å². The number of piperazine rings is 1. The van der Waals surface area contributed by atoms with Crippen LogP contribution in [0.1, 0.15) is 11.4 Å². The van der Waals surface area contributed by atoms with Gasteiger partial charge in [-0.05, 0) is 38.1 Å². The molecular formula is C24H25N5O2S. The van der Waals surface area contributed by atoms with E-state index in [2.05, 4.69) is 35.9 Å². The molecule has 1 saturated heterocycles. The van der Waals surface area contributed by atoms with Crippen LogP contribution in [0.3, 0.4) is 0 Å². The van der Waals surface area contributed by atoms with Crippen LogP contribution in [-0.4, -0.2) is 57.5 Å². The number of thioether (sulfide) groups is 1. The van der Waals surface area contributed by atoms with Crippen LogP contribution in [0.15, 0.2) is 64.2 Å². The Hall–Kier alpha value is -3.26. The zero-order chi connectivity index (χ0) is 22.1. The minimum absolute atomic E-state index is 0.116. The van der Waals surface area contributed by atoms with Gasteiger partial charge in [0.05, 0.1) is 28.5 Å². The largest absolute Gasteiger partial charge is 0.431 e. The van der Waals surface area contributed by atoms with Crippen molar-refractivity contribution in [1.82, 2.24) is 19.7 Å². The summed E-state index contributed by atoms with van der Waals surface area (Å²) in [7, 11) is 0. The summed E-state index contributed by atoms with van der Waals surface area (Å²) in [5, 5.41) is 5.30.